The number of H-pyrrole nitrogens is 1. The van der Waals surface area contributed by atoms with Gasteiger partial charge in [-0.15, -0.1) is 0 Å². The zero-order valence-electron chi connectivity index (χ0n) is 10.4. The van der Waals surface area contributed by atoms with E-state index in [-0.39, 0.29) is 5.60 Å². The molecule has 0 atom stereocenters. The fourth-order valence-corrected chi connectivity index (χ4v) is 1.35. The summed E-state index contributed by atoms with van der Waals surface area (Å²) in [6.07, 6.45) is 4.58. The second-order valence-corrected chi connectivity index (χ2v) is 4.50. The van der Waals surface area contributed by atoms with Gasteiger partial charge in [-0.05, 0) is 39.8 Å². The van der Waals surface area contributed by atoms with Gasteiger partial charge in [-0.1, -0.05) is 0 Å². The minimum Gasteiger partial charge on any atom is -0.379 e. The molecule has 0 saturated heterocycles. The molecule has 0 fully saturated rings. The smallest absolute Gasteiger partial charge is 0.137 e. The van der Waals surface area contributed by atoms with E-state index in [9.17, 15) is 0 Å². The minimum atomic E-state index is -0.0298. The van der Waals surface area contributed by atoms with Gasteiger partial charge in [0, 0.05) is 13.5 Å². The molecule has 0 amide bonds. The molecule has 1 aromatic heterocycles. The molecule has 1 rings (SSSR count). The van der Waals surface area contributed by atoms with Gasteiger partial charge < -0.3 is 10.1 Å². The number of hydrogen-bond donors (Lipinski definition) is 2. The van der Waals surface area contributed by atoms with Crippen molar-refractivity contribution in [1.82, 2.24) is 20.5 Å². The van der Waals surface area contributed by atoms with Crippen molar-refractivity contribution in [2.75, 3.05) is 20.2 Å². The fraction of sp³-hybridized carbons (Fsp3) is 0.818. The molecule has 1 heterocycles. The quantitative estimate of drug-likeness (QED) is 0.653. The Hall–Kier alpha value is -0.940. The molecule has 16 heavy (non-hydrogen) atoms. The van der Waals surface area contributed by atoms with Crippen LogP contribution in [0.1, 0.15) is 32.5 Å². The Morgan fingerprint density at radius 1 is 1.44 bits per heavy atom. The highest BCUT2D eigenvalue weighted by atomic mass is 16.5. The Bertz CT molecular complexity index is 272. The molecule has 0 spiro atoms. The number of aromatic nitrogens is 3. The number of ether oxygens (including phenoxy) is 1. The van der Waals surface area contributed by atoms with Crippen molar-refractivity contribution in [2.45, 2.75) is 38.7 Å². The number of nitrogens with one attached hydrogen (secondary N) is 2. The first-order chi connectivity index (χ1) is 7.64. The van der Waals surface area contributed by atoms with Crippen LogP contribution < -0.4 is 5.32 Å². The van der Waals surface area contributed by atoms with Gasteiger partial charge in [0.2, 0.25) is 0 Å². The summed E-state index contributed by atoms with van der Waals surface area (Å²) in [5.41, 5.74) is -0.0298. The molecule has 0 aliphatic rings. The van der Waals surface area contributed by atoms with E-state index in [0.717, 1.165) is 38.2 Å². The first-order valence-electron chi connectivity index (χ1n) is 5.74. The van der Waals surface area contributed by atoms with Crippen LogP contribution >= 0.6 is 0 Å². The lowest BCUT2D eigenvalue weighted by Gasteiger charge is -2.22. The summed E-state index contributed by atoms with van der Waals surface area (Å²) in [5.74, 6) is 0.957. The molecule has 0 bridgehead atoms. The van der Waals surface area contributed by atoms with Gasteiger partial charge in [0.15, 0.2) is 0 Å². The van der Waals surface area contributed by atoms with E-state index in [1.54, 1.807) is 13.4 Å². The van der Waals surface area contributed by atoms with Gasteiger partial charge in [-0.2, -0.15) is 5.10 Å². The highest BCUT2D eigenvalue weighted by molar-refractivity contribution is 4.79. The van der Waals surface area contributed by atoms with Gasteiger partial charge in [-0.25, -0.2) is 4.98 Å². The van der Waals surface area contributed by atoms with Crippen LogP contribution in [-0.4, -0.2) is 41.0 Å². The molecule has 92 valence electrons. The highest BCUT2D eigenvalue weighted by Crippen LogP contribution is 2.11. The predicted molar refractivity (Wildman–Crippen MR) is 63.3 cm³/mol. The van der Waals surface area contributed by atoms with Gasteiger partial charge in [-0.3, -0.25) is 5.10 Å². The Morgan fingerprint density at radius 3 is 2.88 bits per heavy atom. The lowest BCUT2D eigenvalue weighted by molar-refractivity contribution is 0.0159. The lowest BCUT2D eigenvalue weighted by atomic mass is 10.1. The average Bonchev–Trinajstić information content (AvgIpc) is 2.76. The number of hydrogen-bond acceptors (Lipinski definition) is 4. The van der Waals surface area contributed by atoms with Crippen LogP contribution in [0, 0.1) is 0 Å². The van der Waals surface area contributed by atoms with Gasteiger partial charge in [0.25, 0.3) is 0 Å². The summed E-state index contributed by atoms with van der Waals surface area (Å²) in [6.45, 7) is 6.18. The third kappa shape index (κ3) is 5.23. The molecule has 0 aliphatic carbocycles. The maximum Gasteiger partial charge on any atom is 0.137 e. The third-order valence-corrected chi connectivity index (χ3v) is 2.69. The monoisotopic (exact) mass is 226 g/mol. The Balaban J connectivity index is 1.96. The van der Waals surface area contributed by atoms with Gasteiger partial charge in [0.1, 0.15) is 12.2 Å². The molecular weight excluding hydrogens is 204 g/mol. The Kier molecular flexibility index (Phi) is 5.42. The predicted octanol–water partition coefficient (Wildman–Crippen LogP) is 1.14. The van der Waals surface area contributed by atoms with E-state index in [1.165, 1.54) is 0 Å². The minimum absolute atomic E-state index is 0.0298. The molecule has 1 aromatic rings. The van der Waals surface area contributed by atoms with E-state index >= 15 is 0 Å². The maximum absolute atomic E-state index is 5.34. The standard InChI is InChI=1S/C11H22N4O/c1-11(2,16-3)6-8-12-7-4-5-10-13-9-14-15-10/h9,12H,4-8H2,1-3H3,(H,13,14,15). The maximum atomic E-state index is 5.34. The fourth-order valence-electron chi connectivity index (χ4n) is 1.35. The van der Waals surface area contributed by atoms with Crippen molar-refractivity contribution in [3.05, 3.63) is 12.2 Å². The molecule has 5 nitrogen and oxygen atoms in total. The normalized spacial score (nSPS) is 11.9. The number of aryl methyl sites for hydroxylation is 1. The lowest BCUT2D eigenvalue weighted by Crippen LogP contribution is -2.29. The molecule has 0 unspecified atom stereocenters. The van der Waals surface area contributed by atoms with Crippen molar-refractivity contribution < 1.29 is 4.74 Å². The number of aromatic amines is 1. The zero-order valence-corrected chi connectivity index (χ0v) is 10.4. The van der Waals surface area contributed by atoms with Gasteiger partial charge in [0.05, 0.1) is 5.60 Å². The molecule has 2 N–H and O–H groups in total. The average molecular weight is 226 g/mol. The Morgan fingerprint density at radius 2 is 2.25 bits per heavy atom. The van der Waals surface area contributed by atoms with Gasteiger partial charge >= 0.3 is 0 Å². The zero-order chi connectivity index (χ0) is 11.9. The first kappa shape index (κ1) is 13.1. The highest BCUT2D eigenvalue weighted by Gasteiger charge is 2.14. The summed E-state index contributed by atoms with van der Waals surface area (Å²) in [5, 5.41) is 10.1. The topological polar surface area (TPSA) is 62.8 Å². The van der Waals surface area contributed by atoms with Crippen molar-refractivity contribution in [3.63, 3.8) is 0 Å². The van der Waals surface area contributed by atoms with Crippen LogP contribution in [0.5, 0.6) is 0 Å². The molecule has 0 aliphatic heterocycles. The van der Waals surface area contributed by atoms with Crippen LogP contribution in [0.4, 0.5) is 0 Å². The van der Waals surface area contributed by atoms with Crippen LogP contribution in [-0.2, 0) is 11.2 Å². The summed E-state index contributed by atoms with van der Waals surface area (Å²) in [7, 11) is 1.75. The van der Waals surface area contributed by atoms with E-state index in [0.29, 0.717) is 0 Å². The van der Waals surface area contributed by atoms with E-state index in [2.05, 4.69) is 34.3 Å². The van der Waals surface area contributed by atoms with Crippen LogP contribution in [0.25, 0.3) is 0 Å². The number of methoxy groups -OCH3 is 1. The van der Waals surface area contributed by atoms with E-state index in [1.807, 2.05) is 0 Å². The van der Waals surface area contributed by atoms with E-state index < -0.39 is 0 Å². The third-order valence-electron chi connectivity index (χ3n) is 2.69. The SMILES string of the molecule is COC(C)(C)CCNCCCc1ncn[nH]1. The number of rotatable bonds is 8. The summed E-state index contributed by atoms with van der Waals surface area (Å²) in [6, 6.07) is 0. The van der Waals surface area contributed by atoms with Crippen molar-refractivity contribution in [1.29, 1.82) is 0 Å². The van der Waals surface area contributed by atoms with Crippen LogP contribution in [0.3, 0.4) is 0 Å². The molecule has 0 aromatic carbocycles. The molecule has 0 radical (unpaired) electrons. The van der Waals surface area contributed by atoms with E-state index in [4.69, 9.17) is 4.74 Å². The molecule has 0 saturated carbocycles. The first-order valence-corrected chi connectivity index (χ1v) is 5.74. The van der Waals surface area contributed by atoms with Crippen LogP contribution in [0.2, 0.25) is 0 Å². The molecule has 5 heteroatoms. The van der Waals surface area contributed by atoms with Crippen molar-refractivity contribution in [2.24, 2.45) is 0 Å². The Labute approximate surface area is 97.0 Å². The molecular formula is C11H22N4O. The number of nitrogens with zero attached hydrogens (tertiary/aromatic N) is 2. The summed E-state index contributed by atoms with van der Waals surface area (Å²) < 4.78 is 5.34. The largest absolute Gasteiger partial charge is 0.379 e. The van der Waals surface area contributed by atoms with Crippen LogP contribution in [0.15, 0.2) is 6.33 Å². The van der Waals surface area contributed by atoms with Crippen molar-refractivity contribution in [3.8, 4) is 0 Å². The second kappa shape index (κ2) is 6.60. The van der Waals surface area contributed by atoms with Crippen molar-refractivity contribution >= 4 is 0 Å². The second-order valence-electron chi connectivity index (χ2n) is 4.50. The summed E-state index contributed by atoms with van der Waals surface area (Å²) in [4.78, 5) is 4.07. The summed E-state index contributed by atoms with van der Waals surface area (Å²) >= 11 is 0.